The molecule has 0 unspecified atom stereocenters. The van der Waals surface area contributed by atoms with Crippen molar-refractivity contribution < 1.29 is 14.2 Å². The summed E-state index contributed by atoms with van der Waals surface area (Å²) in [5, 5.41) is 0. The highest BCUT2D eigenvalue weighted by Gasteiger charge is 2.33. The van der Waals surface area contributed by atoms with E-state index in [1.54, 1.807) is 14.2 Å². The summed E-state index contributed by atoms with van der Waals surface area (Å²) in [6.07, 6.45) is 2.76. The summed E-state index contributed by atoms with van der Waals surface area (Å²) in [6, 6.07) is 4.11. The van der Waals surface area contributed by atoms with Gasteiger partial charge in [0.05, 0.1) is 26.4 Å². The SMILES string of the molecule is COc1cc2c(cc1OC)[C@](C)(CCCCl)OCC2. The number of ether oxygens (including phenoxy) is 3. The van der Waals surface area contributed by atoms with E-state index in [0.717, 1.165) is 37.4 Å². The van der Waals surface area contributed by atoms with Crippen molar-refractivity contribution in [3.8, 4) is 11.5 Å². The standard InChI is InChI=1S/C15H21ClO3/c1-15(6-4-7-16)12-10-14(18-3)13(17-2)9-11(12)5-8-19-15/h9-10H,4-8H2,1-3H3/t15-/m0/s1. The summed E-state index contributed by atoms with van der Waals surface area (Å²) in [5.74, 6) is 2.19. The molecule has 0 saturated carbocycles. The van der Waals surface area contributed by atoms with Gasteiger partial charge in [0.1, 0.15) is 0 Å². The fourth-order valence-electron chi connectivity index (χ4n) is 2.70. The first kappa shape index (κ1) is 14.5. The molecule has 19 heavy (non-hydrogen) atoms. The lowest BCUT2D eigenvalue weighted by Gasteiger charge is -2.36. The van der Waals surface area contributed by atoms with E-state index in [-0.39, 0.29) is 5.60 Å². The smallest absolute Gasteiger partial charge is 0.161 e. The first-order valence-corrected chi connectivity index (χ1v) is 7.13. The molecule has 0 fully saturated rings. The van der Waals surface area contributed by atoms with Crippen LogP contribution < -0.4 is 9.47 Å². The van der Waals surface area contributed by atoms with E-state index in [9.17, 15) is 0 Å². The molecule has 0 spiro atoms. The molecule has 1 aliphatic rings. The van der Waals surface area contributed by atoms with Crippen molar-refractivity contribution in [1.29, 1.82) is 0 Å². The van der Waals surface area contributed by atoms with Crippen LogP contribution in [0, 0.1) is 0 Å². The second-order valence-corrected chi connectivity index (χ2v) is 5.36. The molecule has 106 valence electrons. The summed E-state index contributed by atoms with van der Waals surface area (Å²) in [4.78, 5) is 0. The van der Waals surface area contributed by atoms with Crippen LogP contribution in [0.4, 0.5) is 0 Å². The van der Waals surface area contributed by atoms with Crippen molar-refractivity contribution >= 4 is 11.6 Å². The first-order valence-electron chi connectivity index (χ1n) is 6.60. The van der Waals surface area contributed by atoms with Crippen LogP contribution >= 0.6 is 11.6 Å². The van der Waals surface area contributed by atoms with E-state index in [2.05, 4.69) is 13.0 Å². The summed E-state index contributed by atoms with van der Waals surface area (Å²) >= 11 is 5.82. The number of methoxy groups -OCH3 is 2. The van der Waals surface area contributed by atoms with Crippen LogP contribution in [0.2, 0.25) is 0 Å². The summed E-state index contributed by atoms with van der Waals surface area (Å²) in [6.45, 7) is 2.87. The number of fused-ring (bicyclic) bond motifs is 1. The topological polar surface area (TPSA) is 27.7 Å². The molecule has 1 aromatic carbocycles. The number of rotatable bonds is 5. The molecule has 0 radical (unpaired) electrons. The van der Waals surface area contributed by atoms with Gasteiger partial charge in [-0.3, -0.25) is 0 Å². The van der Waals surface area contributed by atoms with E-state index in [1.165, 1.54) is 11.1 Å². The van der Waals surface area contributed by atoms with E-state index >= 15 is 0 Å². The summed E-state index contributed by atoms with van der Waals surface area (Å²) in [5.41, 5.74) is 2.20. The fourth-order valence-corrected chi connectivity index (χ4v) is 2.83. The lowest BCUT2D eigenvalue weighted by molar-refractivity contribution is -0.0527. The van der Waals surface area contributed by atoms with Crippen molar-refractivity contribution in [3.63, 3.8) is 0 Å². The highest BCUT2D eigenvalue weighted by Crippen LogP contribution is 2.42. The quantitative estimate of drug-likeness (QED) is 0.775. The molecule has 0 saturated heterocycles. The normalized spacial score (nSPS) is 21.9. The molecule has 4 heteroatoms. The average molecular weight is 285 g/mol. The molecular formula is C15H21ClO3. The van der Waals surface area contributed by atoms with Gasteiger partial charge in [-0.15, -0.1) is 11.6 Å². The number of alkyl halides is 1. The Labute approximate surface area is 119 Å². The van der Waals surface area contributed by atoms with Gasteiger partial charge < -0.3 is 14.2 Å². The second-order valence-electron chi connectivity index (χ2n) is 4.99. The maximum atomic E-state index is 6.01. The third-order valence-corrected chi connectivity index (χ3v) is 4.03. The van der Waals surface area contributed by atoms with Crippen LogP contribution in [0.25, 0.3) is 0 Å². The van der Waals surface area contributed by atoms with E-state index in [1.807, 2.05) is 6.07 Å². The Bertz CT molecular complexity index is 447. The zero-order valence-electron chi connectivity index (χ0n) is 11.8. The van der Waals surface area contributed by atoms with Gasteiger partial charge >= 0.3 is 0 Å². The van der Waals surface area contributed by atoms with Crippen molar-refractivity contribution in [3.05, 3.63) is 23.3 Å². The van der Waals surface area contributed by atoms with Crippen LogP contribution in [-0.4, -0.2) is 26.7 Å². The Hall–Kier alpha value is -0.930. The molecule has 1 aliphatic heterocycles. The van der Waals surface area contributed by atoms with Crippen LogP contribution in [0.1, 0.15) is 30.9 Å². The second kappa shape index (κ2) is 6.02. The highest BCUT2D eigenvalue weighted by molar-refractivity contribution is 6.17. The molecule has 3 nitrogen and oxygen atoms in total. The molecule has 0 amide bonds. The molecular weight excluding hydrogens is 264 g/mol. The Kier molecular flexibility index (Phi) is 4.58. The number of benzene rings is 1. The maximum absolute atomic E-state index is 6.01. The largest absolute Gasteiger partial charge is 0.493 e. The van der Waals surface area contributed by atoms with Gasteiger partial charge in [0.2, 0.25) is 0 Å². The van der Waals surface area contributed by atoms with Crippen molar-refractivity contribution in [2.45, 2.75) is 31.8 Å². The Morgan fingerprint density at radius 2 is 1.95 bits per heavy atom. The summed E-state index contributed by atoms with van der Waals surface area (Å²) < 4.78 is 16.8. The lowest BCUT2D eigenvalue weighted by atomic mass is 9.84. The van der Waals surface area contributed by atoms with Gasteiger partial charge in [0.25, 0.3) is 0 Å². The minimum absolute atomic E-state index is 0.276. The fraction of sp³-hybridized carbons (Fsp3) is 0.600. The monoisotopic (exact) mass is 284 g/mol. The third-order valence-electron chi connectivity index (χ3n) is 3.76. The predicted octanol–water partition coefficient (Wildman–Crippen LogP) is 3.51. The van der Waals surface area contributed by atoms with Crippen LogP contribution in [-0.2, 0) is 16.8 Å². The molecule has 0 aromatic heterocycles. The molecule has 1 atom stereocenters. The van der Waals surface area contributed by atoms with Gasteiger partial charge in [-0.1, -0.05) is 0 Å². The zero-order chi connectivity index (χ0) is 13.9. The van der Waals surface area contributed by atoms with Gasteiger partial charge in [-0.2, -0.15) is 0 Å². The third kappa shape index (κ3) is 2.82. The molecule has 0 aliphatic carbocycles. The molecule has 1 heterocycles. The Morgan fingerprint density at radius 1 is 1.26 bits per heavy atom. The first-order chi connectivity index (χ1) is 9.14. The Balaban J connectivity index is 2.42. The molecule has 2 rings (SSSR count). The van der Waals surface area contributed by atoms with Gasteiger partial charge in [0.15, 0.2) is 11.5 Å². The summed E-state index contributed by atoms with van der Waals surface area (Å²) in [7, 11) is 3.32. The molecule has 0 bridgehead atoms. The van der Waals surface area contributed by atoms with Crippen LogP contribution in [0.5, 0.6) is 11.5 Å². The van der Waals surface area contributed by atoms with Crippen molar-refractivity contribution in [2.24, 2.45) is 0 Å². The van der Waals surface area contributed by atoms with Gasteiger partial charge in [-0.25, -0.2) is 0 Å². The van der Waals surface area contributed by atoms with Gasteiger partial charge in [0, 0.05) is 5.88 Å². The van der Waals surface area contributed by atoms with Crippen LogP contribution in [0.3, 0.4) is 0 Å². The highest BCUT2D eigenvalue weighted by atomic mass is 35.5. The van der Waals surface area contributed by atoms with E-state index in [0.29, 0.717) is 5.88 Å². The number of hydrogen-bond acceptors (Lipinski definition) is 3. The molecule has 0 N–H and O–H groups in total. The van der Waals surface area contributed by atoms with E-state index < -0.39 is 0 Å². The maximum Gasteiger partial charge on any atom is 0.161 e. The number of halogens is 1. The lowest BCUT2D eigenvalue weighted by Crippen LogP contribution is -2.32. The van der Waals surface area contributed by atoms with Gasteiger partial charge in [-0.05, 0) is 49.4 Å². The minimum Gasteiger partial charge on any atom is -0.493 e. The van der Waals surface area contributed by atoms with Crippen molar-refractivity contribution in [1.82, 2.24) is 0 Å². The Morgan fingerprint density at radius 3 is 2.58 bits per heavy atom. The van der Waals surface area contributed by atoms with Crippen molar-refractivity contribution in [2.75, 3.05) is 26.7 Å². The zero-order valence-corrected chi connectivity index (χ0v) is 12.5. The van der Waals surface area contributed by atoms with Crippen LogP contribution in [0.15, 0.2) is 12.1 Å². The molecule has 1 aromatic rings. The average Bonchev–Trinajstić information content (AvgIpc) is 2.44. The predicted molar refractivity (Wildman–Crippen MR) is 76.5 cm³/mol. The van der Waals surface area contributed by atoms with E-state index in [4.69, 9.17) is 25.8 Å². The number of hydrogen-bond donors (Lipinski definition) is 0. The minimum atomic E-state index is -0.276.